The van der Waals surface area contributed by atoms with E-state index in [0.717, 1.165) is 11.8 Å². The highest BCUT2D eigenvalue weighted by molar-refractivity contribution is 8.17. The molecule has 0 bridgehead atoms. The van der Waals surface area contributed by atoms with Crippen LogP contribution in [0.25, 0.3) is 0 Å². The van der Waals surface area contributed by atoms with Crippen molar-refractivity contribution in [3.8, 4) is 82.7 Å². The minimum atomic E-state index is -0.0761. The lowest BCUT2D eigenvalue weighted by molar-refractivity contribution is -0.109. The molecule has 0 aliphatic rings. The molecule has 0 N–H and O–H groups in total. The Morgan fingerprint density at radius 2 is 1.17 bits per heavy atom. The highest BCUT2D eigenvalue weighted by atomic mass is 32.2. The van der Waals surface area contributed by atoms with Crippen molar-refractivity contribution in [1.29, 1.82) is 0 Å². The molecule has 0 aliphatic heterocycles. The van der Waals surface area contributed by atoms with Gasteiger partial charge in [-0.25, -0.2) is 0 Å². The van der Waals surface area contributed by atoms with Gasteiger partial charge in [-0.3, -0.25) is 4.79 Å². The molecule has 0 radical (unpaired) electrons. The summed E-state index contributed by atoms with van der Waals surface area (Å²) in [6.07, 6.45) is 4.88. The summed E-state index contributed by atoms with van der Waals surface area (Å²) in [6, 6.07) is 0. The fourth-order valence-electron chi connectivity index (χ4n) is 0.440. The number of rotatable bonds is 0. The van der Waals surface area contributed by atoms with Crippen molar-refractivity contribution in [3.05, 3.63) is 0 Å². The van der Waals surface area contributed by atoms with Gasteiger partial charge in [0.05, 0.1) is 0 Å². The van der Waals surface area contributed by atoms with Crippen LogP contribution >= 0.6 is 11.8 Å². The van der Waals surface area contributed by atoms with Gasteiger partial charge in [-0.2, -0.15) is 0 Å². The van der Waals surface area contributed by atoms with Crippen LogP contribution in [0.4, 0.5) is 0 Å². The fraction of sp³-hybridized carbons (Fsp3) is 0.0625. The van der Waals surface area contributed by atoms with E-state index in [4.69, 9.17) is 6.42 Å². The SMILES string of the molecule is C#CC#CC#CC#CC#CC#CC#CSC(C)=O. The van der Waals surface area contributed by atoms with Gasteiger partial charge in [0.15, 0.2) is 5.12 Å². The summed E-state index contributed by atoms with van der Waals surface area (Å²) in [6.45, 7) is 1.43. The van der Waals surface area contributed by atoms with Crippen LogP contribution in [0.15, 0.2) is 0 Å². The minimum absolute atomic E-state index is 0.0761. The highest BCUT2D eigenvalue weighted by Gasteiger charge is 1.83. The molecule has 0 saturated carbocycles. The molecule has 0 rings (SSSR count). The lowest BCUT2D eigenvalue weighted by Crippen LogP contribution is -1.73. The van der Waals surface area contributed by atoms with Gasteiger partial charge in [0.2, 0.25) is 0 Å². The van der Waals surface area contributed by atoms with Gasteiger partial charge in [-0.15, -0.1) is 6.42 Å². The summed E-state index contributed by atoms with van der Waals surface area (Å²) in [5, 5.41) is 2.43. The van der Waals surface area contributed by atoms with Gasteiger partial charge in [-0.05, 0) is 76.3 Å². The third kappa shape index (κ3) is 12.9. The van der Waals surface area contributed by atoms with Crippen LogP contribution in [0.5, 0.6) is 0 Å². The smallest absolute Gasteiger partial charge is 0.198 e. The van der Waals surface area contributed by atoms with Gasteiger partial charge < -0.3 is 0 Å². The molecule has 0 saturated heterocycles. The van der Waals surface area contributed by atoms with Gasteiger partial charge in [0.1, 0.15) is 0 Å². The van der Waals surface area contributed by atoms with Crippen molar-refractivity contribution in [2.75, 3.05) is 0 Å². The zero-order chi connectivity index (χ0) is 13.5. The quantitative estimate of drug-likeness (QED) is 0.588. The zero-order valence-corrected chi connectivity index (χ0v) is 10.2. The Bertz CT molecular complexity index is 725. The normalized spacial score (nSPS) is 4.89. The van der Waals surface area contributed by atoms with Crippen LogP contribution in [0.1, 0.15) is 6.92 Å². The molecule has 0 spiro atoms. The predicted octanol–water partition coefficient (Wildman–Crippen LogP) is 0.877. The Balaban J connectivity index is 4.21. The topological polar surface area (TPSA) is 17.1 Å². The van der Waals surface area contributed by atoms with E-state index in [2.05, 4.69) is 76.3 Å². The van der Waals surface area contributed by atoms with Crippen LogP contribution in [-0.4, -0.2) is 5.12 Å². The van der Waals surface area contributed by atoms with E-state index in [-0.39, 0.29) is 5.12 Å². The first kappa shape index (κ1) is 14.9. The van der Waals surface area contributed by atoms with E-state index < -0.39 is 0 Å². The van der Waals surface area contributed by atoms with Crippen LogP contribution in [0, 0.1) is 82.7 Å². The van der Waals surface area contributed by atoms with E-state index in [1.54, 1.807) is 0 Å². The van der Waals surface area contributed by atoms with Crippen LogP contribution < -0.4 is 0 Å². The standard InChI is InChI=1S/C16H4OS/c1-3-4-5-6-7-8-9-10-11-12-13-14-15-18-16(2)17/h1H,2H3. The number of hydrogen-bond acceptors (Lipinski definition) is 2. The number of carbonyl (C=O) groups is 1. The summed E-state index contributed by atoms with van der Waals surface area (Å²) >= 11 is 0.889. The van der Waals surface area contributed by atoms with Gasteiger partial charge in [-0.1, -0.05) is 0 Å². The Labute approximate surface area is 111 Å². The number of hydrogen-bond donors (Lipinski definition) is 0. The Morgan fingerprint density at radius 3 is 1.56 bits per heavy atom. The number of thioether (sulfide) groups is 1. The molecule has 0 amide bonds. The second-order valence-electron chi connectivity index (χ2n) is 2.22. The van der Waals surface area contributed by atoms with Crippen molar-refractivity contribution in [3.63, 3.8) is 0 Å². The molecule has 18 heavy (non-hydrogen) atoms. The summed E-state index contributed by atoms with van der Waals surface area (Å²) in [4.78, 5) is 10.5. The number of carbonyl (C=O) groups excluding carboxylic acids is 1. The monoisotopic (exact) mass is 244 g/mol. The van der Waals surface area contributed by atoms with E-state index in [1.807, 2.05) is 0 Å². The summed E-state index contributed by atoms with van der Waals surface area (Å²) in [5.74, 6) is 28.9. The number of terminal acetylenes is 1. The lowest BCUT2D eigenvalue weighted by Gasteiger charge is -1.72. The average Bonchev–Trinajstić information content (AvgIpc) is 2.34. The molecule has 0 fully saturated rings. The third-order valence-electron chi connectivity index (χ3n) is 0.943. The predicted molar refractivity (Wildman–Crippen MR) is 73.8 cm³/mol. The summed E-state index contributed by atoms with van der Waals surface area (Å²) in [5.41, 5.74) is 0. The Hall–Kier alpha value is -3.06. The third-order valence-corrected chi connectivity index (χ3v) is 1.43. The van der Waals surface area contributed by atoms with Crippen molar-refractivity contribution in [1.82, 2.24) is 0 Å². The molecule has 0 atom stereocenters. The largest absolute Gasteiger partial charge is 0.287 e. The van der Waals surface area contributed by atoms with Crippen LogP contribution in [-0.2, 0) is 4.79 Å². The molecule has 0 heterocycles. The maximum Gasteiger partial charge on any atom is 0.198 e. The fourth-order valence-corrected chi connectivity index (χ4v) is 0.686. The second-order valence-corrected chi connectivity index (χ2v) is 3.20. The summed E-state index contributed by atoms with van der Waals surface area (Å²) < 4.78 is 0. The molecule has 0 unspecified atom stereocenters. The van der Waals surface area contributed by atoms with Gasteiger partial charge in [0, 0.05) is 18.7 Å². The maximum atomic E-state index is 10.5. The van der Waals surface area contributed by atoms with Crippen molar-refractivity contribution in [2.24, 2.45) is 0 Å². The molecule has 0 aromatic carbocycles. The Morgan fingerprint density at radius 1 is 0.778 bits per heavy atom. The average molecular weight is 244 g/mol. The minimum Gasteiger partial charge on any atom is -0.287 e. The van der Waals surface area contributed by atoms with Crippen molar-refractivity contribution >= 4 is 16.9 Å². The molecule has 0 aromatic rings. The van der Waals surface area contributed by atoms with Gasteiger partial charge in [0.25, 0.3) is 0 Å². The molecular weight excluding hydrogens is 240 g/mol. The molecular formula is C16H4OS. The molecule has 0 aromatic heterocycles. The second kappa shape index (κ2) is 12.0. The summed E-state index contributed by atoms with van der Waals surface area (Å²) in [7, 11) is 0. The van der Waals surface area contributed by atoms with Crippen LogP contribution in [0.3, 0.4) is 0 Å². The van der Waals surface area contributed by atoms with Gasteiger partial charge >= 0.3 is 0 Å². The molecule has 1 nitrogen and oxygen atoms in total. The first-order valence-electron chi connectivity index (χ1n) is 4.40. The highest BCUT2D eigenvalue weighted by Crippen LogP contribution is 1.94. The zero-order valence-electron chi connectivity index (χ0n) is 9.39. The first-order valence-corrected chi connectivity index (χ1v) is 5.22. The Kier molecular flexibility index (Phi) is 9.97. The van der Waals surface area contributed by atoms with Crippen molar-refractivity contribution in [2.45, 2.75) is 6.92 Å². The van der Waals surface area contributed by atoms with Crippen LogP contribution in [0.2, 0.25) is 0 Å². The van der Waals surface area contributed by atoms with E-state index in [0.29, 0.717) is 0 Å². The first-order chi connectivity index (χ1) is 8.77. The molecule has 80 valence electrons. The molecule has 0 aliphatic carbocycles. The lowest BCUT2D eigenvalue weighted by atomic mass is 10.5. The van der Waals surface area contributed by atoms with Crippen molar-refractivity contribution < 1.29 is 4.79 Å². The maximum absolute atomic E-state index is 10.5. The van der Waals surface area contributed by atoms with E-state index in [9.17, 15) is 4.79 Å². The van der Waals surface area contributed by atoms with E-state index >= 15 is 0 Å². The molecule has 2 heteroatoms. The van der Waals surface area contributed by atoms with E-state index in [1.165, 1.54) is 6.92 Å².